The summed E-state index contributed by atoms with van der Waals surface area (Å²) in [6.07, 6.45) is 5.59. The Bertz CT molecular complexity index is 406. The quantitative estimate of drug-likeness (QED) is 0.889. The van der Waals surface area contributed by atoms with Gasteiger partial charge in [0.25, 0.3) is 0 Å². The Hall–Kier alpha value is -0.870. The Morgan fingerprint density at radius 2 is 2.16 bits per heavy atom. The molecule has 0 unspecified atom stereocenters. The van der Waals surface area contributed by atoms with Crippen LogP contribution in [0.1, 0.15) is 50.9 Å². The van der Waals surface area contributed by atoms with E-state index < -0.39 is 0 Å². The number of ether oxygens (including phenoxy) is 1. The number of nitrogens with two attached hydrogens (primary N) is 1. The van der Waals surface area contributed by atoms with Crippen LogP contribution in [0.3, 0.4) is 0 Å². The Morgan fingerprint density at radius 3 is 2.68 bits per heavy atom. The largest absolute Gasteiger partial charge is 0.367 e. The molecule has 1 saturated carbocycles. The highest BCUT2D eigenvalue weighted by Gasteiger charge is 2.34. The van der Waals surface area contributed by atoms with Gasteiger partial charge in [0.15, 0.2) is 0 Å². The van der Waals surface area contributed by atoms with E-state index in [1.807, 2.05) is 11.7 Å². The minimum Gasteiger partial charge on any atom is -0.367 e. The van der Waals surface area contributed by atoms with E-state index in [0.29, 0.717) is 13.2 Å². The molecule has 0 atom stereocenters. The summed E-state index contributed by atoms with van der Waals surface area (Å²) >= 11 is 0. The summed E-state index contributed by atoms with van der Waals surface area (Å²) in [5.74, 6) is 0.812. The number of aryl methyl sites for hydroxylation is 2. The number of nitrogens with zero attached hydrogens (tertiary/aromatic N) is 2. The van der Waals surface area contributed by atoms with E-state index in [0.717, 1.165) is 36.6 Å². The molecule has 0 saturated heterocycles. The first-order valence-corrected chi connectivity index (χ1v) is 7.44. The molecule has 1 aliphatic rings. The van der Waals surface area contributed by atoms with Gasteiger partial charge in [-0.2, -0.15) is 5.10 Å². The van der Waals surface area contributed by atoms with Crippen LogP contribution >= 0.6 is 0 Å². The molecule has 1 heterocycles. The highest BCUT2D eigenvalue weighted by molar-refractivity contribution is 5.09. The minimum atomic E-state index is -0.108. The van der Waals surface area contributed by atoms with E-state index in [2.05, 4.69) is 25.0 Å². The van der Waals surface area contributed by atoms with E-state index in [1.165, 1.54) is 12.8 Å². The van der Waals surface area contributed by atoms with Gasteiger partial charge < -0.3 is 10.5 Å². The zero-order valence-corrected chi connectivity index (χ0v) is 12.5. The van der Waals surface area contributed by atoms with Gasteiger partial charge in [-0.1, -0.05) is 13.8 Å². The summed E-state index contributed by atoms with van der Waals surface area (Å²) in [5, 5.41) is 4.46. The molecule has 4 nitrogen and oxygen atoms in total. The monoisotopic (exact) mass is 265 g/mol. The van der Waals surface area contributed by atoms with Crippen LogP contribution < -0.4 is 5.73 Å². The minimum absolute atomic E-state index is 0.108. The van der Waals surface area contributed by atoms with E-state index in [4.69, 9.17) is 10.5 Å². The molecule has 0 amide bonds. The molecule has 2 rings (SSSR count). The summed E-state index contributed by atoms with van der Waals surface area (Å²) in [5.41, 5.74) is 8.13. The molecular weight excluding hydrogens is 238 g/mol. The van der Waals surface area contributed by atoms with Gasteiger partial charge in [0.1, 0.15) is 0 Å². The van der Waals surface area contributed by atoms with Crippen molar-refractivity contribution in [3.8, 4) is 0 Å². The zero-order chi connectivity index (χ0) is 13.9. The first-order chi connectivity index (χ1) is 9.08. The van der Waals surface area contributed by atoms with Crippen molar-refractivity contribution in [1.29, 1.82) is 0 Å². The lowest BCUT2D eigenvalue weighted by molar-refractivity contribution is -0.0817. The number of hydrogen-bond acceptors (Lipinski definition) is 3. The van der Waals surface area contributed by atoms with Crippen molar-refractivity contribution in [2.24, 2.45) is 18.7 Å². The second-order valence-corrected chi connectivity index (χ2v) is 5.96. The molecule has 1 aromatic heterocycles. The van der Waals surface area contributed by atoms with E-state index in [1.54, 1.807) is 0 Å². The second kappa shape index (κ2) is 6.06. The third-order valence-corrected chi connectivity index (χ3v) is 4.47. The summed E-state index contributed by atoms with van der Waals surface area (Å²) in [7, 11) is 1.98. The van der Waals surface area contributed by atoms with Crippen molar-refractivity contribution < 1.29 is 4.74 Å². The zero-order valence-electron chi connectivity index (χ0n) is 12.5. The molecule has 1 fully saturated rings. The molecule has 0 radical (unpaired) electrons. The maximum absolute atomic E-state index is 6.21. The molecule has 4 heteroatoms. The van der Waals surface area contributed by atoms with Crippen LogP contribution in [0.4, 0.5) is 0 Å². The van der Waals surface area contributed by atoms with Gasteiger partial charge in [0, 0.05) is 13.6 Å². The number of rotatable bonds is 5. The van der Waals surface area contributed by atoms with Crippen LogP contribution in [-0.4, -0.2) is 21.9 Å². The van der Waals surface area contributed by atoms with Gasteiger partial charge in [-0.05, 0) is 44.1 Å². The highest BCUT2D eigenvalue weighted by atomic mass is 16.5. The molecule has 1 aromatic rings. The third-order valence-electron chi connectivity index (χ3n) is 4.47. The Labute approximate surface area is 116 Å². The van der Waals surface area contributed by atoms with Gasteiger partial charge >= 0.3 is 0 Å². The summed E-state index contributed by atoms with van der Waals surface area (Å²) in [6.45, 7) is 5.68. The second-order valence-electron chi connectivity index (χ2n) is 5.96. The van der Waals surface area contributed by atoms with Crippen molar-refractivity contribution in [1.82, 2.24) is 9.78 Å². The van der Waals surface area contributed by atoms with Crippen molar-refractivity contribution in [2.45, 2.75) is 58.2 Å². The van der Waals surface area contributed by atoms with Crippen molar-refractivity contribution in [3.63, 3.8) is 0 Å². The molecule has 0 aliphatic heterocycles. The molecule has 108 valence electrons. The molecule has 0 bridgehead atoms. The SMILES string of the molecule is CCc1cc(COC2(CN)CCC(C)CC2)n(C)n1. The summed E-state index contributed by atoms with van der Waals surface area (Å²) < 4.78 is 8.13. The third kappa shape index (κ3) is 3.37. The van der Waals surface area contributed by atoms with Crippen molar-refractivity contribution >= 4 is 0 Å². The van der Waals surface area contributed by atoms with Crippen LogP contribution in [0, 0.1) is 5.92 Å². The van der Waals surface area contributed by atoms with Crippen LogP contribution in [0.2, 0.25) is 0 Å². The van der Waals surface area contributed by atoms with E-state index in [-0.39, 0.29) is 5.60 Å². The van der Waals surface area contributed by atoms with E-state index in [9.17, 15) is 0 Å². The van der Waals surface area contributed by atoms with Gasteiger partial charge in [-0.3, -0.25) is 4.68 Å². The van der Waals surface area contributed by atoms with Gasteiger partial charge in [0.2, 0.25) is 0 Å². The average Bonchev–Trinajstić information content (AvgIpc) is 2.79. The molecule has 2 N–H and O–H groups in total. The lowest BCUT2D eigenvalue weighted by atomic mass is 9.79. The lowest BCUT2D eigenvalue weighted by Crippen LogP contribution is -2.43. The standard InChI is InChI=1S/C15H27N3O/c1-4-13-9-14(18(3)17-13)10-19-15(11-16)7-5-12(2)6-8-15/h9,12H,4-8,10-11,16H2,1-3H3. The fourth-order valence-electron chi connectivity index (χ4n) is 2.80. The Kier molecular flexibility index (Phi) is 4.63. The fraction of sp³-hybridized carbons (Fsp3) is 0.800. The molecule has 19 heavy (non-hydrogen) atoms. The van der Waals surface area contributed by atoms with Gasteiger partial charge in [0.05, 0.1) is 23.6 Å². The smallest absolute Gasteiger partial charge is 0.0892 e. The van der Waals surface area contributed by atoms with Crippen LogP contribution in [0.5, 0.6) is 0 Å². The predicted molar refractivity (Wildman–Crippen MR) is 76.8 cm³/mol. The average molecular weight is 265 g/mol. The van der Waals surface area contributed by atoms with Gasteiger partial charge in [-0.25, -0.2) is 0 Å². The maximum atomic E-state index is 6.21. The molecule has 0 aromatic carbocycles. The van der Waals surface area contributed by atoms with Crippen molar-refractivity contribution in [3.05, 3.63) is 17.5 Å². The normalized spacial score (nSPS) is 27.7. The summed E-state index contributed by atoms with van der Waals surface area (Å²) in [6, 6.07) is 2.13. The van der Waals surface area contributed by atoms with Crippen LogP contribution in [0.25, 0.3) is 0 Å². The van der Waals surface area contributed by atoms with E-state index >= 15 is 0 Å². The van der Waals surface area contributed by atoms with Crippen LogP contribution in [-0.2, 0) is 24.8 Å². The summed E-state index contributed by atoms with van der Waals surface area (Å²) in [4.78, 5) is 0. The molecular formula is C15H27N3O. The van der Waals surface area contributed by atoms with Crippen molar-refractivity contribution in [2.75, 3.05) is 6.54 Å². The molecule has 1 aliphatic carbocycles. The topological polar surface area (TPSA) is 53.1 Å². The van der Waals surface area contributed by atoms with Crippen LogP contribution in [0.15, 0.2) is 6.07 Å². The maximum Gasteiger partial charge on any atom is 0.0892 e. The number of aromatic nitrogens is 2. The molecule has 0 spiro atoms. The number of hydrogen-bond donors (Lipinski definition) is 1. The first kappa shape index (κ1) is 14.5. The highest BCUT2D eigenvalue weighted by Crippen LogP contribution is 2.34. The van der Waals surface area contributed by atoms with Gasteiger partial charge in [-0.15, -0.1) is 0 Å². The first-order valence-electron chi connectivity index (χ1n) is 7.44. The predicted octanol–water partition coefficient (Wildman–Crippen LogP) is 2.41. The fourth-order valence-corrected chi connectivity index (χ4v) is 2.80. The lowest BCUT2D eigenvalue weighted by Gasteiger charge is -2.38. The Morgan fingerprint density at radius 1 is 1.47 bits per heavy atom. The Balaban J connectivity index is 1.97.